The molecule has 0 unspecified atom stereocenters. The molecule has 2 amide bonds. The lowest BCUT2D eigenvalue weighted by Crippen LogP contribution is -2.63. The lowest BCUT2D eigenvalue weighted by Gasteiger charge is -2.47. The summed E-state index contributed by atoms with van der Waals surface area (Å²) in [4.78, 5) is 19.0. The second-order valence-corrected chi connectivity index (χ2v) is 7.17. The van der Waals surface area contributed by atoms with Gasteiger partial charge in [-0.3, -0.25) is 9.80 Å². The zero-order chi connectivity index (χ0) is 15.5. The number of amides is 2. The number of urea groups is 1. The summed E-state index contributed by atoms with van der Waals surface area (Å²) in [7, 11) is 1.84. The maximum atomic E-state index is 12.3. The molecule has 4 aliphatic rings. The van der Waals surface area contributed by atoms with Gasteiger partial charge in [-0.2, -0.15) is 0 Å². The maximum Gasteiger partial charge on any atom is 0.317 e. The smallest absolute Gasteiger partial charge is 0.317 e. The van der Waals surface area contributed by atoms with Crippen molar-refractivity contribution >= 4 is 6.03 Å². The van der Waals surface area contributed by atoms with Crippen LogP contribution in [-0.2, 0) is 0 Å². The molecule has 6 heteroatoms. The minimum atomic E-state index is -0.239. The summed E-state index contributed by atoms with van der Waals surface area (Å²) in [6, 6.07) is 0.454. The van der Waals surface area contributed by atoms with E-state index in [-0.39, 0.29) is 18.1 Å². The molecule has 3 aliphatic heterocycles. The van der Waals surface area contributed by atoms with E-state index in [1.54, 1.807) is 4.90 Å². The minimum Gasteiger partial charge on any atom is -0.393 e. The third-order valence-corrected chi connectivity index (χ3v) is 5.61. The Morgan fingerprint density at radius 1 is 1.23 bits per heavy atom. The van der Waals surface area contributed by atoms with E-state index in [1.165, 1.54) is 19.5 Å². The van der Waals surface area contributed by atoms with Crippen molar-refractivity contribution in [2.45, 2.75) is 37.8 Å². The zero-order valence-electron chi connectivity index (χ0n) is 13.7. The van der Waals surface area contributed by atoms with Crippen LogP contribution in [0, 0.1) is 5.92 Å². The van der Waals surface area contributed by atoms with E-state index >= 15 is 0 Å². The number of piperazine rings is 3. The fourth-order valence-electron chi connectivity index (χ4n) is 4.09. The van der Waals surface area contributed by atoms with Gasteiger partial charge in [0.25, 0.3) is 0 Å². The Morgan fingerprint density at radius 3 is 2.59 bits per heavy atom. The van der Waals surface area contributed by atoms with Gasteiger partial charge in [-0.1, -0.05) is 12.8 Å². The molecule has 0 radical (unpaired) electrons. The first-order valence-electron chi connectivity index (χ1n) is 8.77. The number of carbonyl (C=O) groups is 1. The highest BCUT2D eigenvalue weighted by molar-refractivity contribution is 5.73. The Balaban J connectivity index is 1.41. The van der Waals surface area contributed by atoms with Crippen molar-refractivity contribution in [1.82, 2.24) is 20.0 Å². The number of aliphatic hydroxyl groups excluding tert-OH is 1. The van der Waals surface area contributed by atoms with Gasteiger partial charge in [0.05, 0.1) is 6.10 Å². The highest BCUT2D eigenvalue weighted by Gasteiger charge is 2.32. The molecule has 0 spiro atoms. The molecule has 3 atom stereocenters. The summed E-state index contributed by atoms with van der Waals surface area (Å²) < 4.78 is 0. The van der Waals surface area contributed by atoms with E-state index in [0.29, 0.717) is 12.6 Å². The molecule has 1 saturated carbocycles. The predicted molar refractivity (Wildman–Crippen MR) is 85.8 cm³/mol. The first-order valence-corrected chi connectivity index (χ1v) is 8.77. The van der Waals surface area contributed by atoms with Gasteiger partial charge in [0.1, 0.15) is 0 Å². The molecule has 3 heterocycles. The Labute approximate surface area is 133 Å². The van der Waals surface area contributed by atoms with E-state index in [4.69, 9.17) is 0 Å². The molecule has 4 rings (SSSR count). The van der Waals surface area contributed by atoms with Gasteiger partial charge in [-0.15, -0.1) is 0 Å². The van der Waals surface area contributed by atoms with E-state index in [1.807, 2.05) is 7.05 Å². The minimum absolute atomic E-state index is 0.00424. The molecular weight excluding hydrogens is 280 g/mol. The van der Waals surface area contributed by atoms with Gasteiger partial charge in [0.15, 0.2) is 0 Å². The molecule has 0 aromatic heterocycles. The lowest BCUT2D eigenvalue weighted by atomic mass is 9.86. The third kappa shape index (κ3) is 3.73. The van der Waals surface area contributed by atoms with Crippen LogP contribution >= 0.6 is 0 Å². The number of rotatable bonds is 4. The van der Waals surface area contributed by atoms with Crippen molar-refractivity contribution in [3.63, 3.8) is 0 Å². The normalized spacial score (nSPS) is 37.8. The highest BCUT2D eigenvalue weighted by Crippen LogP contribution is 2.24. The van der Waals surface area contributed by atoms with E-state index in [2.05, 4.69) is 15.1 Å². The summed E-state index contributed by atoms with van der Waals surface area (Å²) >= 11 is 0. The number of nitrogens with zero attached hydrogens (tertiary/aromatic N) is 3. The molecule has 3 saturated heterocycles. The van der Waals surface area contributed by atoms with Crippen LogP contribution in [0.2, 0.25) is 0 Å². The molecule has 6 nitrogen and oxygen atoms in total. The Bertz CT molecular complexity index is 384. The fraction of sp³-hybridized carbons (Fsp3) is 0.938. The van der Waals surface area contributed by atoms with Gasteiger partial charge >= 0.3 is 6.03 Å². The molecule has 2 bridgehead atoms. The quantitative estimate of drug-likeness (QED) is 0.778. The molecule has 0 aromatic rings. The molecule has 126 valence electrons. The first-order chi connectivity index (χ1) is 10.6. The average molecular weight is 310 g/mol. The maximum absolute atomic E-state index is 12.3. The van der Waals surface area contributed by atoms with Gasteiger partial charge in [0, 0.05) is 64.8 Å². The van der Waals surface area contributed by atoms with Crippen LogP contribution in [0.15, 0.2) is 0 Å². The van der Waals surface area contributed by atoms with Crippen LogP contribution in [-0.4, -0.2) is 90.8 Å². The zero-order valence-corrected chi connectivity index (χ0v) is 13.7. The van der Waals surface area contributed by atoms with Crippen molar-refractivity contribution in [1.29, 1.82) is 0 Å². The highest BCUT2D eigenvalue weighted by atomic mass is 16.3. The monoisotopic (exact) mass is 310 g/mol. The summed E-state index contributed by atoms with van der Waals surface area (Å²) in [5.74, 6) is 0.241. The summed E-state index contributed by atoms with van der Waals surface area (Å²) in [5.41, 5.74) is 0. The second-order valence-electron chi connectivity index (χ2n) is 7.17. The number of fused-ring (bicyclic) bond motifs is 3. The van der Waals surface area contributed by atoms with Crippen molar-refractivity contribution in [3.8, 4) is 0 Å². The number of carbonyl (C=O) groups excluding carboxylic acids is 1. The van der Waals surface area contributed by atoms with Crippen molar-refractivity contribution in [2.75, 3.05) is 52.9 Å². The number of hydrogen-bond donors (Lipinski definition) is 2. The molecule has 1 aliphatic carbocycles. The van der Waals surface area contributed by atoms with Gasteiger partial charge < -0.3 is 15.3 Å². The summed E-state index contributed by atoms with van der Waals surface area (Å²) in [5, 5.41) is 13.1. The molecule has 22 heavy (non-hydrogen) atoms. The van der Waals surface area contributed by atoms with Crippen LogP contribution in [0.4, 0.5) is 4.79 Å². The van der Waals surface area contributed by atoms with Crippen LogP contribution in [0.25, 0.3) is 0 Å². The van der Waals surface area contributed by atoms with Crippen molar-refractivity contribution < 1.29 is 9.90 Å². The molecule has 4 fully saturated rings. The second kappa shape index (κ2) is 7.15. The number of hydrogen-bond acceptors (Lipinski definition) is 4. The molecular formula is C16H30N4O2. The van der Waals surface area contributed by atoms with Crippen LogP contribution in [0.1, 0.15) is 25.7 Å². The molecule has 0 aromatic carbocycles. The van der Waals surface area contributed by atoms with Gasteiger partial charge in [-0.25, -0.2) is 4.79 Å². The molecule has 2 N–H and O–H groups in total. The Morgan fingerprint density at radius 2 is 1.95 bits per heavy atom. The number of nitrogens with one attached hydrogen (secondary N) is 1. The van der Waals surface area contributed by atoms with Gasteiger partial charge in [-0.05, 0) is 12.8 Å². The van der Waals surface area contributed by atoms with Crippen molar-refractivity contribution in [3.05, 3.63) is 0 Å². The Hall–Kier alpha value is -0.850. The largest absolute Gasteiger partial charge is 0.393 e. The third-order valence-electron chi connectivity index (χ3n) is 5.61. The van der Waals surface area contributed by atoms with Crippen LogP contribution in [0.3, 0.4) is 0 Å². The van der Waals surface area contributed by atoms with Crippen LogP contribution < -0.4 is 5.32 Å². The lowest BCUT2D eigenvalue weighted by molar-refractivity contribution is 0.0140. The summed E-state index contributed by atoms with van der Waals surface area (Å²) in [6.07, 6.45) is 3.96. The average Bonchev–Trinajstić information content (AvgIpc) is 2.55. The SMILES string of the molecule is CN(C[C@@H]1CCCC[C@@H]1O)C(=O)NC[C@H]1CN2CCN1CC2. The van der Waals surface area contributed by atoms with Crippen LogP contribution in [0.5, 0.6) is 0 Å². The summed E-state index contributed by atoms with van der Waals surface area (Å²) in [6.45, 7) is 7.06. The Kier molecular flexibility index (Phi) is 5.21. The van der Waals surface area contributed by atoms with Gasteiger partial charge in [0.2, 0.25) is 0 Å². The predicted octanol–water partition coefficient (Wildman–Crippen LogP) is 0.179. The van der Waals surface area contributed by atoms with E-state index < -0.39 is 0 Å². The first kappa shape index (κ1) is 16.0. The topological polar surface area (TPSA) is 59.1 Å². The van der Waals surface area contributed by atoms with E-state index in [9.17, 15) is 9.90 Å². The number of aliphatic hydroxyl groups is 1. The van der Waals surface area contributed by atoms with E-state index in [0.717, 1.165) is 45.4 Å². The van der Waals surface area contributed by atoms with Crippen molar-refractivity contribution in [2.24, 2.45) is 5.92 Å². The standard InChI is InChI=1S/C16H30N4O2/c1-18(11-13-4-2-3-5-15(13)21)16(22)17-10-14-12-19-6-8-20(14)9-7-19/h13-15,21H,2-12H2,1H3,(H,17,22)/t13-,14-,15-/m0/s1. The fourth-order valence-corrected chi connectivity index (χ4v) is 4.09.